The zero-order valence-electron chi connectivity index (χ0n) is 9.73. The van der Waals surface area contributed by atoms with Crippen molar-refractivity contribution >= 4 is 11.7 Å². The zero-order valence-corrected chi connectivity index (χ0v) is 9.73. The van der Waals surface area contributed by atoms with Crippen LogP contribution in [0.1, 0.15) is 12.5 Å². The Balaban J connectivity index is 2.87. The van der Waals surface area contributed by atoms with Crippen molar-refractivity contribution in [3.8, 4) is 6.07 Å². The molecular formula is C12H14N2O3. The molecule has 0 aliphatic rings. The van der Waals surface area contributed by atoms with E-state index >= 15 is 0 Å². The summed E-state index contributed by atoms with van der Waals surface area (Å²) in [6.45, 7) is 1.58. The summed E-state index contributed by atoms with van der Waals surface area (Å²) in [6.07, 6.45) is 0. The quantitative estimate of drug-likeness (QED) is 0.806. The lowest BCUT2D eigenvalue weighted by atomic mass is 10.0. The van der Waals surface area contributed by atoms with Crippen LogP contribution in [0.3, 0.4) is 0 Å². The van der Waals surface area contributed by atoms with Gasteiger partial charge in [-0.1, -0.05) is 0 Å². The van der Waals surface area contributed by atoms with Crippen LogP contribution in [0.25, 0.3) is 0 Å². The normalized spacial score (nSPS) is 13.5. The maximum Gasteiger partial charge on any atom is 0.331 e. The van der Waals surface area contributed by atoms with Gasteiger partial charge >= 0.3 is 5.97 Å². The molecule has 0 heterocycles. The Labute approximate surface area is 99.6 Å². The standard InChI is InChI=1S/C12H14N2O3/c1-12(8-17-2,11(15)16)14-10-5-3-9(7-13)4-6-10/h3-6,14H,8H2,1-2H3,(H,15,16). The van der Waals surface area contributed by atoms with E-state index in [2.05, 4.69) is 5.32 Å². The number of ether oxygens (including phenoxy) is 1. The zero-order chi connectivity index (χ0) is 12.9. The van der Waals surface area contributed by atoms with Gasteiger partial charge in [0.2, 0.25) is 0 Å². The third kappa shape index (κ3) is 3.20. The molecule has 2 N–H and O–H groups in total. The third-order valence-corrected chi connectivity index (χ3v) is 2.34. The van der Waals surface area contributed by atoms with E-state index in [1.807, 2.05) is 6.07 Å². The molecule has 0 radical (unpaired) electrons. The molecule has 0 aliphatic heterocycles. The molecule has 1 aromatic rings. The average molecular weight is 234 g/mol. The second-order valence-electron chi connectivity index (χ2n) is 3.88. The number of carboxylic acid groups (broad SMARTS) is 1. The van der Waals surface area contributed by atoms with Crippen LogP contribution in [0.2, 0.25) is 0 Å². The van der Waals surface area contributed by atoms with Gasteiger partial charge in [0, 0.05) is 12.8 Å². The number of carboxylic acids is 1. The van der Waals surface area contributed by atoms with Gasteiger partial charge in [0.1, 0.15) is 0 Å². The highest BCUT2D eigenvalue weighted by molar-refractivity contribution is 5.82. The molecule has 1 aromatic carbocycles. The number of rotatable bonds is 5. The SMILES string of the molecule is COCC(C)(Nc1ccc(C#N)cc1)C(=O)O. The highest BCUT2D eigenvalue weighted by Gasteiger charge is 2.33. The minimum Gasteiger partial charge on any atom is -0.479 e. The maximum atomic E-state index is 11.1. The van der Waals surface area contributed by atoms with Crippen LogP contribution in [0.15, 0.2) is 24.3 Å². The number of hydrogen-bond acceptors (Lipinski definition) is 4. The van der Waals surface area contributed by atoms with Crippen LogP contribution in [0, 0.1) is 11.3 Å². The summed E-state index contributed by atoms with van der Waals surface area (Å²) in [5, 5.41) is 20.7. The van der Waals surface area contributed by atoms with Crippen molar-refractivity contribution in [2.24, 2.45) is 0 Å². The maximum absolute atomic E-state index is 11.1. The number of aliphatic carboxylic acids is 1. The Morgan fingerprint density at radius 3 is 2.53 bits per heavy atom. The fourth-order valence-corrected chi connectivity index (χ4v) is 1.39. The smallest absolute Gasteiger partial charge is 0.331 e. The van der Waals surface area contributed by atoms with Crippen molar-refractivity contribution in [1.29, 1.82) is 5.26 Å². The number of nitrogens with zero attached hydrogens (tertiary/aromatic N) is 1. The molecule has 0 fully saturated rings. The van der Waals surface area contributed by atoms with Crippen molar-refractivity contribution in [3.63, 3.8) is 0 Å². The van der Waals surface area contributed by atoms with E-state index in [4.69, 9.17) is 15.1 Å². The van der Waals surface area contributed by atoms with Crippen molar-refractivity contribution < 1.29 is 14.6 Å². The number of anilines is 1. The minimum absolute atomic E-state index is 0.0440. The molecule has 17 heavy (non-hydrogen) atoms. The first kappa shape index (κ1) is 13.0. The number of methoxy groups -OCH3 is 1. The molecule has 5 heteroatoms. The number of nitriles is 1. The third-order valence-electron chi connectivity index (χ3n) is 2.34. The first-order chi connectivity index (χ1) is 8.01. The fraction of sp³-hybridized carbons (Fsp3) is 0.333. The van der Waals surface area contributed by atoms with Crippen LogP contribution in [-0.2, 0) is 9.53 Å². The number of nitrogens with one attached hydrogen (secondary N) is 1. The molecule has 0 aliphatic carbocycles. The van der Waals surface area contributed by atoms with Gasteiger partial charge in [0.25, 0.3) is 0 Å². The lowest BCUT2D eigenvalue weighted by molar-refractivity contribution is -0.143. The van der Waals surface area contributed by atoms with E-state index in [0.717, 1.165) is 0 Å². The van der Waals surface area contributed by atoms with Gasteiger partial charge in [-0.3, -0.25) is 0 Å². The fourth-order valence-electron chi connectivity index (χ4n) is 1.39. The second kappa shape index (κ2) is 5.32. The molecule has 1 rings (SSSR count). The largest absolute Gasteiger partial charge is 0.479 e. The van der Waals surface area contributed by atoms with Gasteiger partial charge in [-0.05, 0) is 31.2 Å². The van der Waals surface area contributed by atoms with Gasteiger partial charge in [-0.2, -0.15) is 5.26 Å². The Morgan fingerprint density at radius 1 is 1.53 bits per heavy atom. The monoisotopic (exact) mass is 234 g/mol. The van der Waals surface area contributed by atoms with Crippen LogP contribution >= 0.6 is 0 Å². The van der Waals surface area contributed by atoms with Crippen molar-refractivity contribution in [3.05, 3.63) is 29.8 Å². The topological polar surface area (TPSA) is 82.3 Å². The number of benzene rings is 1. The first-order valence-electron chi connectivity index (χ1n) is 5.02. The van der Waals surface area contributed by atoms with Gasteiger partial charge in [0.05, 0.1) is 18.2 Å². The highest BCUT2D eigenvalue weighted by Crippen LogP contribution is 2.16. The first-order valence-corrected chi connectivity index (χ1v) is 5.02. The predicted octanol–water partition coefficient (Wildman–Crippen LogP) is 1.46. The summed E-state index contributed by atoms with van der Waals surface area (Å²) in [5.41, 5.74) is -0.0339. The number of hydrogen-bond donors (Lipinski definition) is 2. The van der Waals surface area contributed by atoms with Crippen LogP contribution < -0.4 is 5.32 Å². The Bertz CT molecular complexity index is 436. The summed E-state index contributed by atoms with van der Waals surface area (Å²) in [6, 6.07) is 8.57. The van der Waals surface area contributed by atoms with Gasteiger partial charge in [-0.15, -0.1) is 0 Å². The van der Waals surface area contributed by atoms with Crippen LogP contribution in [0.4, 0.5) is 5.69 Å². The second-order valence-corrected chi connectivity index (χ2v) is 3.88. The molecule has 1 unspecified atom stereocenters. The van der Waals surface area contributed by atoms with E-state index in [-0.39, 0.29) is 6.61 Å². The summed E-state index contributed by atoms with van der Waals surface area (Å²) in [5.74, 6) is -0.997. The summed E-state index contributed by atoms with van der Waals surface area (Å²) in [4.78, 5) is 11.1. The molecule has 0 amide bonds. The van der Waals surface area contributed by atoms with Crippen molar-refractivity contribution in [2.75, 3.05) is 19.0 Å². The highest BCUT2D eigenvalue weighted by atomic mass is 16.5. The summed E-state index contributed by atoms with van der Waals surface area (Å²) in [7, 11) is 1.45. The lowest BCUT2D eigenvalue weighted by Gasteiger charge is -2.26. The summed E-state index contributed by atoms with van der Waals surface area (Å²) < 4.78 is 4.89. The summed E-state index contributed by atoms with van der Waals surface area (Å²) >= 11 is 0. The lowest BCUT2D eigenvalue weighted by Crippen LogP contribution is -2.47. The Kier molecular flexibility index (Phi) is 4.07. The van der Waals surface area contributed by atoms with E-state index in [1.165, 1.54) is 14.0 Å². The molecule has 5 nitrogen and oxygen atoms in total. The molecule has 1 atom stereocenters. The average Bonchev–Trinajstić information content (AvgIpc) is 2.30. The molecule has 0 saturated heterocycles. The molecular weight excluding hydrogens is 220 g/mol. The Morgan fingerprint density at radius 2 is 2.12 bits per heavy atom. The van der Waals surface area contributed by atoms with E-state index in [1.54, 1.807) is 24.3 Å². The molecule has 0 spiro atoms. The van der Waals surface area contributed by atoms with Crippen LogP contribution in [-0.4, -0.2) is 30.3 Å². The molecule has 0 saturated carbocycles. The number of carbonyl (C=O) groups is 1. The minimum atomic E-state index is -1.19. The van der Waals surface area contributed by atoms with E-state index < -0.39 is 11.5 Å². The van der Waals surface area contributed by atoms with Gasteiger partial charge in [0.15, 0.2) is 5.54 Å². The molecule has 90 valence electrons. The van der Waals surface area contributed by atoms with E-state index in [9.17, 15) is 4.79 Å². The Hall–Kier alpha value is -2.06. The molecule has 0 bridgehead atoms. The predicted molar refractivity (Wildman–Crippen MR) is 62.7 cm³/mol. The van der Waals surface area contributed by atoms with Crippen LogP contribution in [0.5, 0.6) is 0 Å². The van der Waals surface area contributed by atoms with Crippen molar-refractivity contribution in [2.45, 2.75) is 12.5 Å². The van der Waals surface area contributed by atoms with Gasteiger partial charge in [-0.25, -0.2) is 4.79 Å². The van der Waals surface area contributed by atoms with E-state index in [0.29, 0.717) is 11.3 Å². The van der Waals surface area contributed by atoms with Crippen molar-refractivity contribution in [1.82, 2.24) is 0 Å². The molecule has 0 aromatic heterocycles. The van der Waals surface area contributed by atoms with Gasteiger partial charge < -0.3 is 15.2 Å².